The first-order chi connectivity index (χ1) is 11.8. The average Bonchev–Trinajstić information content (AvgIpc) is 3.02. The summed E-state index contributed by atoms with van der Waals surface area (Å²) in [5, 5.41) is 8.54. The minimum Gasteiger partial charge on any atom is -0.245 e. The van der Waals surface area contributed by atoms with E-state index in [0.29, 0.717) is 0 Å². The number of fused-ring (bicyclic) bond motifs is 1. The fraction of sp³-hybridized carbons (Fsp3) is 0.714. The standard InChI is InChI=1S/C21H35N3/c1-3-5-7-8-14-19(13-6-4-2)15-11-12-18-24-21-17-10-9-16-20(21)22-23-24/h9-10,16-17,19H,3-8,11-15,18H2,1-2H3. The van der Waals surface area contributed by atoms with Gasteiger partial charge in [-0.15, -0.1) is 5.10 Å². The molecule has 2 rings (SSSR count). The summed E-state index contributed by atoms with van der Waals surface area (Å²) in [6, 6.07) is 8.25. The minimum atomic E-state index is 0.939. The molecule has 1 heterocycles. The predicted molar refractivity (Wildman–Crippen MR) is 103 cm³/mol. The SMILES string of the molecule is CCCCCCC(CCCC)CCCCn1nnc2ccccc21. The fourth-order valence-electron chi connectivity index (χ4n) is 3.56. The van der Waals surface area contributed by atoms with Crippen LogP contribution in [-0.4, -0.2) is 15.0 Å². The Bertz CT molecular complexity index is 561. The molecule has 1 unspecified atom stereocenters. The van der Waals surface area contributed by atoms with Crippen LogP contribution >= 0.6 is 0 Å². The maximum atomic E-state index is 4.30. The Morgan fingerprint density at radius 1 is 0.833 bits per heavy atom. The van der Waals surface area contributed by atoms with Crippen LogP contribution in [-0.2, 0) is 6.54 Å². The van der Waals surface area contributed by atoms with Crippen LogP contribution < -0.4 is 0 Å². The molecule has 1 aromatic heterocycles. The van der Waals surface area contributed by atoms with E-state index < -0.39 is 0 Å². The molecule has 0 radical (unpaired) electrons. The second-order valence-electron chi connectivity index (χ2n) is 7.15. The Morgan fingerprint density at radius 3 is 2.33 bits per heavy atom. The van der Waals surface area contributed by atoms with E-state index in [0.717, 1.165) is 18.0 Å². The first kappa shape index (κ1) is 19.0. The van der Waals surface area contributed by atoms with E-state index in [1.165, 1.54) is 76.1 Å². The molecule has 0 saturated heterocycles. The van der Waals surface area contributed by atoms with Crippen LogP contribution in [0.25, 0.3) is 11.0 Å². The van der Waals surface area contributed by atoms with Crippen LogP contribution in [0.3, 0.4) is 0 Å². The van der Waals surface area contributed by atoms with E-state index in [1.807, 2.05) is 12.1 Å². The monoisotopic (exact) mass is 329 g/mol. The molecule has 0 aliphatic carbocycles. The molecule has 0 aliphatic heterocycles. The lowest BCUT2D eigenvalue weighted by atomic mass is 9.90. The Labute approximate surface area is 147 Å². The van der Waals surface area contributed by atoms with Gasteiger partial charge in [-0.3, -0.25) is 0 Å². The molecule has 0 N–H and O–H groups in total. The van der Waals surface area contributed by atoms with Crippen molar-refractivity contribution in [1.29, 1.82) is 0 Å². The molecule has 134 valence electrons. The molecule has 0 aliphatic rings. The van der Waals surface area contributed by atoms with Crippen molar-refractivity contribution in [3.8, 4) is 0 Å². The van der Waals surface area contributed by atoms with Crippen LogP contribution in [0.2, 0.25) is 0 Å². The van der Waals surface area contributed by atoms with Crippen LogP contribution in [0.4, 0.5) is 0 Å². The summed E-state index contributed by atoms with van der Waals surface area (Å²) in [4.78, 5) is 0. The molecular weight excluding hydrogens is 294 g/mol. The van der Waals surface area contributed by atoms with Crippen molar-refractivity contribution in [3.63, 3.8) is 0 Å². The fourth-order valence-corrected chi connectivity index (χ4v) is 3.56. The third-order valence-electron chi connectivity index (χ3n) is 5.08. The topological polar surface area (TPSA) is 30.7 Å². The van der Waals surface area contributed by atoms with Gasteiger partial charge in [0.1, 0.15) is 5.52 Å². The molecule has 1 aromatic carbocycles. The molecule has 0 bridgehead atoms. The second kappa shape index (κ2) is 11.2. The van der Waals surface area contributed by atoms with Gasteiger partial charge in [-0.25, -0.2) is 4.68 Å². The highest BCUT2D eigenvalue weighted by atomic mass is 15.4. The van der Waals surface area contributed by atoms with Crippen molar-refractivity contribution in [3.05, 3.63) is 24.3 Å². The molecule has 0 saturated carbocycles. The zero-order valence-electron chi connectivity index (χ0n) is 15.7. The van der Waals surface area contributed by atoms with Gasteiger partial charge in [0, 0.05) is 6.54 Å². The molecule has 3 heteroatoms. The molecule has 0 amide bonds. The number of hydrogen-bond donors (Lipinski definition) is 0. The van der Waals surface area contributed by atoms with Crippen LogP contribution in [0.5, 0.6) is 0 Å². The lowest BCUT2D eigenvalue weighted by Gasteiger charge is -2.16. The molecule has 1 atom stereocenters. The lowest BCUT2D eigenvalue weighted by Crippen LogP contribution is -2.04. The number of para-hydroxylation sites is 1. The van der Waals surface area contributed by atoms with Gasteiger partial charge in [0.2, 0.25) is 0 Å². The maximum Gasteiger partial charge on any atom is 0.113 e. The zero-order valence-corrected chi connectivity index (χ0v) is 15.7. The smallest absolute Gasteiger partial charge is 0.113 e. The molecule has 2 aromatic rings. The van der Waals surface area contributed by atoms with E-state index in [4.69, 9.17) is 0 Å². The number of benzene rings is 1. The predicted octanol–water partition coefficient (Wildman–Crippen LogP) is 6.38. The zero-order chi connectivity index (χ0) is 17.0. The van der Waals surface area contributed by atoms with Crippen molar-refractivity contribution in [2.45, 2.75) is 91.0 Å². The van der Waals surface area contributed by atoms with E-state index in [-0.39, 0.29) is 0 Å². The Morgan fingerprint density at radius 2 is 1.54 bits per heavy atom. The number of unbranched alkanes of at least 4 members (excludes halogenated alkanes) is 5. The first-order valence-corrected chi connectivity index (χ1v) is 10.1. The first-order valence-electron chi connectivity index (χ1n) is 10.1. The summed E-state index contributed by atoms with van der Waals surface area (Å²) in [6.07, 6.45) is 15.1. The van der Waals surface area contributed by atoms with Crippen LogP contribution in [0.15, 0.2) is 24.3 Å². The summed E-state index contributed by atoms with van der Waals surface area (Å²) >= 11 is 0. The van der Waals surface area contributed by atoms with E-state index in [9.17, 15) is 0 Å². The highest BCUT2D eigenvalue weighted by Gasteiger charge is 2.09. The lowest BCUT2D eigenvalue weighted by molar-refractivity contribution is 0.368. The molecule has 24 heavy (non-hydrogen) atoms. The van der Waals surface area contributed by atoms with Gasteiger partial charge >= 0.3 is 0 Å². The number of aryl methyl sites for hydroxylation is 1. The van der Waals surface area contributed by atoms with Gasteiger partial charge in [0.15, 0.2) is 0 Å². The number of hydrogen-bond acceptors (Lipinski definition) is 2. The summed E-state index contributed by atoms with van der Waals surface area (Å²) in [5.74, 6) is 0.939. The Balaban J connectivity index is 1.70. The van der Waals surface area contributed by atoms with Crippen molar-refractivity contribution >= 4 is 11.0 Å². The summed E-state index contributed by atoms with van der Waals surface area (Å²) in [6.45, 7) is 5.60. The Kier molecular flexibility index (Phi) is 8.86. The van der Waals surface area contributed by atoms with Crippen molar-refractivity contribution in [1.82, 2.24) is 15.0 Å². The summed E-state index contributed by atoms with van der Waals surface area (Å²) in [5.41, 5.74) is 2.17. The molecule has 0 spiro atoms. The van der Waals surface area contributed by atoms with Crippen molar-refractivity contribution < 1.29 is 0 Å². The molecular formula is C21H35N3. The van der Waals surface area contributed by atoms with Crippen LogP contribution in [0, 0.1) is 5.92 Å². The van der Waals surface area contributed by atoms with Gasteiger partial charge in [-0.05, 0) is 24.5 Å². The quantitative estimate of drug-likeness (QED) is 0.399. The third kappa shape index (κ3) is 6.26. The van der Waals surface area contributed by atoms with Gasteiger partial charge in [0.25, 0.3) is 0 Å². The van der Waals surface area contributed by atoms with E-state index >= 15 is 0 Å². The number of aromatic nitrogens is 3. The van der Waals surface area contributed by atoms with Crippen LogP contribution in [0.1, 0.15) is 84.5 Å². The second-order valence-corrected chi connectivity index (χ2v) is 7.15. The van der Waals surface area contributed by atoms with Crippen molar-refractivity contribution in [2.75, 3.05) is 0 Å². The van der Waals surface area contributed by atoms with Gasteiger partial charge < -0.3 is 0 Å². The number of rotatable bonds is 13. The van der Waals surface area contributed by atoms with E-state index in [1.54, 1.807) is 0 Å². The molecule has 0 fully saturated rings. The van der Waals surface area contributed by atoms with Gasteiger partial charge in [-0.2, -0.15) is 0 Å². The average molecular weight is 330 g/mol. The van der Waals surface area contributed by atoms with Crippen molar-refractivity contribution in [2.24, 2.45) is 5.92 Å². The van der Waals surface area contributed by atoms with E-state index in [2.05, 4.69) is 41.0 Å². The minimum absolute atomic E-state index is 0.939. The summed E-state index contributed by atoms with van der Waals surface area (Å²) in [7, 11) is 0. The number of nitrogens with zero attached hydrogens (tertiary/aromatic N) is 3. The molecule has 3 nitrogen and oxygen atoms in total. The maximum absolute atomic E-state index is 4.30. The van der Waals surface area contributed by atoms with Gasteiger partial charge in [0.05, 0.1) is 5.52 Å². The highest BCUT2D eigenvalue weighted by molar-refractivity contribution is 5.73. The highest BCUT2D eigenvalue weighted by Crippen LogP contribution is 2.23. The van der Waals surface area contributed by atoms with Gasteiger partial charge in [-0.1, -0.05) is 95.4 Å². The third-order valence-corrected chi connectivity index (χ3v) is 5.08. The normalized spacial score (nSPS) is 12.8. The Hall–Kier alpha value is -1.38. The summed E-state index contributed by atoms with van der Waals surface area (Å²) < 4.78 is 2.07. The largest absolute Gasteiger partial charge is 0.245 e.